The summed E-state index contributed by atoms with van der Waals surface area (Å²) in [4.78, 5) is 32.2. The van der Waals surface area contributed by atoms with Gasteiger partial charge in [0.2, 0.25) is 17.8 Å². The zero-order chi connectivity index (χ0) is 22.3. The molecule has 0 bridgehead atoms. The van der Waals surface area contributed by atoms with E-state index < -0.39 is 0 Å². The number of rotatable bonds is 10. The lowest BCUT2D eigenvalue weighted by molar-refractivity contribution is -0.130. The van der Waals surface area contributed by atoms with E-state index in [1.165, 1.54) is 0 Å². The highest BCUT2D eigenvalue weighted by molar-refractivity contribution is 6.05. The number of hydrogen-bond donors (Lipinski definition) is 1. The monoisotopic (exact) mass is 434 g/mol. The summed E-state index contributed by atoms with van der Waals surface area (Å²) in [5, 5.41) is 2.78. The minimum Gasteiger partial charge on any atom is -0.493 e. The van der Waals surface area contributed by atoms with E-state index in [9.17, 15) is 9.59 Å². The molecule has 2 aliphatic heterocycles. The summed E-state index contributed by atoms with van der Waals surface area (Å²) in [6, 6.07) is 15.9. The Bertz CT molecular complexity index is 990. The number of nitrogens with one attached hydrogen (secondary N) is 1. The molecule has 0 unspecified atom stereocenters. The van der Waals surface area contributed by atoms with Crippen molar-refractivity contribution in [1.29, 1.82) is 0 Å². The van der Waals surface area contributed by atoms with Crippen LogP contribution in [0.3, 0.4) is 0 Å². The lowest BCUT2D eigenvalue weighted by Gasteiger charge is -2.24. The smallest absolute Gasteiger partial charge is 0.246 e. The SMILES string of the molecule is CN(Cc1ccccc1)C(=O)CCCCCCOc1cccc2c1CN1CC(=O)NC1=N2. The number of ether oxygens (including phenoxy) is 1. The Morgan fingerprint density at radius 3 is 2.72 bits per heavy atom. The van der Waals surface area contributed by atoms with E-state index in [-0.39, 0.29) is 11.8 Å². The van der Waals surface area contributed by atoms with Crippen LogP contribution in [0.2, 0.25) is 0 Å². The molecule has 2 aromatic carbocycles. The molecule has 0 radical (unpaired) electrons. The molecule has 1 N–H and O–H groups in total. The quantitative estimate of drug-likeness (QED) is 0.580. The molecule has 2 aliphatic rings. The van der Waals surface area contributed by atoms with Crippen LogP contribution in [0.1, 0.15) is 43.2 Å². The van der Waals surface area contributed by atoms with Crippen LogP contribution in [0.5, 0.6) is 5.75 Å². The molecule has 4 rings (SSSR count). The molecular formula is C25H30N4O3. The van der Waals surface area contributed by atoms with Gasteiger partial charge >= 0.3 is 0 Å². The van der Waals surface area contributed by atoms with Crippen LogP contribution in [0.4, 0.5) is 5.69 Å². The van der Waals surface area contributed by atoms with Crippen molar-refractivity contribution in [2.24, 2.45) is 4.99 Å². The van der Waals surface area contributed by atoms with Crippen LogP contribution in [-0.2, 0) is 22.7 Å². The third-order valence-electron chi connectivity index (χ3n) is 5.80. The van der Waals surface area contributed by atoms with Crippen LogP contribution in [0.15, 0.2) is 53.5 Å². The molecule has 0 saturated carbocycles. The first-order valence-corrected chi connectivity index (χ1v) is 11.3. The van der Waals surface area contributed by atoms with Crippen molar-refractivity contribution in [2.75, 3.05) is 20.2 Å². The summed E-state index contributed by atoms with van der Waals surface area (Å²) in [6.07, 6.45) is 4.45. The fraction of sp³-hybridized carbons (Fsp3) is 0.400. The molecule has 7 nitrogen and oxygen atoms in total. The van der Waals surface area contributed by atoms with Crippen LogP contribution in [0.25, 0.3) is 0 Å². The standard InChI is InChI=1S/C25H30N4O3/c1-28(16-19-10-5-4-6-11-19)24(31)14-7-2-3-8-15-32-22-13-9-12-21-20(22)17-29-18-23(30)27-25(29)26-21/h4-6,9-13H,2-3,7-8,14-18H2,1H3,(H,26,27,30). The fourth-order valence-corrected chi connectivity index (χ4v) is 4.03. The predicted molar refractivity (Wildman–Crippen MR) is 124 cm³/mol. The van der Waals surface area contributed by atoms with Gasteiger partial charge in [0.1, 0.15) is 12.3 Å². The molecule has 0 spiro atoms. The molecule has 0 aromatic heterocycles. The zero-order valence-corrected chi connectivity index (χ0v) is 18.5. The summed E-state index contributed by atoms with van der Waals surface area (Å²) >= 11 is 0. The number of carbonyl (C=O) groups excluding carboxylic acids is 2. The maximum Gasteiger partial charge on any atom is 0.246 e. The van der Waals surface area contributed by atoms with Crippen molar-refractivity contribution in [2.45, 2.75) is 45.2 Å². The van der Waals surface area contributed by atoms with Gasteiger partial charge in [0, 0.05) is 25.6 Å². The van der Waals surface area contributed by atoms with Gasteiger partial charge < -0.3 is 14.5 Å². The summed E-state index contributed by atoms with van der Waals surface area (Å²) in [6.45, 7) is 2.25. The van der Waals surface area contributed by atoms with Gasteiger partial charge in [0.05, 0.1) is 18.8 Å². The molecule has 1 fully saturated rings. The molecule has 2 aromatic rings. The van der Waals surface area contributed by atoms with Gasteiger partial charge in [0.25, 0.3) is 0 Å². The zero-order valence-electron chi connectivity index (χ0n) is 18.5. The lowest BCUT2D eigenvalue weighted by Crippen LogP contribution is -2.32. The maximum atomic E-state index is 12.3. The molecule has 2 amide bonds. The second kappa shape index (κ2) is 10.3. The number of aliphatic imine (C=N–C) groups is 1. The number of hydrogen-bond acceptors (Lipinski definition) is 5. The van der Waals surface area contributed by atoms with E-state index in [1.54, 1.807) is 4.90 Å². The predicted octanol–water partition coefficient (Wildman–Crippen LogP) is 3.61. The van der Waals surface area contributed by atoms with E-state index in [4.69, 9.17) is 4.74 Å². The summed E-state index contributed by atoms with van der Waals surface area (Å²) in [7, 11) is 1.87. The minimum absolute atomic E-state index is 0.0243. The number of guanidine groups is 1. The number of nitrogens with zero attached hydrogens (tertiary/aromatic N) is 3. The third-order valence-corrected chi connectivity index (χ3v) is 5.80. The van der Waals surface area contributed by atoms with Gasteiger partial charge in [-0.2, -0.15) is 0 Å². The van der Waals surface area contributed by atoms with Crippen LogP contribution in [0, 0.1) is 0 Å². The first-order valence-electron chi connectivity index (χ1n) is 11.3. The molecule has 1 saturated heterocycles. The molecule has 0 atom stereocenters. The molecule has 7 heteroatoms. The van der Waals surface area contributed by atoms with Crippen molar-refractivity contribution in [3.63, 3.8) is 0 Å². The molecule has 2 heterocycles. The van der Waals surface area contributed by atoms with E-state index in [1.807, 2.05) is 60.5 Å². The topological polar surface area (TPSA) is 74.2 Å². The Labute approximate surface area is 189 Å². The molecular weight excluding hydrogens is 404 g/mol. The van der Waals surface area contributed by atoms with Gasteiger partial charge in [-0.3, -0.25) is 14.9 Å². The van der Waals surface area contributed by atoms with E-state index in [0.717, 1.165) is 48.2 Å². The largest absolute Gasteiger partial charge is 0.493 e. The lowest BCUT2D eigenvalue weighted by atomic mass is 10.1. The Morgan fingerprint density at radius 1 is 1.06 bits per heavy atom. The van der Waals surface area contributed by atoms with E-state index in [2.05, 4.69) is 10.3 Å². The van der Waals surface area contributed by atoms with Crippen molar-refractivity contribution in [3.8, 4) is 5.75 Å². The van der Waals surface area contributed by atoms with Crippen molar-refractivity contribution in [1.82, 2.24) is 15.1 Å². The molecule has 32 heavy (non-hydrogen) atoms. The highest BCUT2D eigenvalue weighted by atomic mass is 16.5. The molecule has 0 aliphatic carbocycles. The highest BCUT2D eigenvalue weighted by Gasteiger charge is 2.30. The summed E-state index contributed by atoms with van der Waals surface area (Å²) in [5.74, 6) is 1.63. The Kier molecular flexibility index (Phi) is 7.04. The first kappa shape index (κ1) is 21.9. The number of unbranched alkanes of at least 4 members (excludes halogenated alkanes) is 3. The average molecular weight is 435 g/mol. The van der Waals surface area contributed by atoms with Crippen LogP contribution in [-0.4, -0.2) is 47.8 Å². The van der Waals surface area contributed by atoms with Gasteiger partial charge in [-0.05, 0) is 30.5 Å². The number of benzene rings is 2. The second-order valence-corrected chi connectivity index (χ2v) is 8.34. The van der Waals surface area contributed by atoms with Gasteiger partial charge in [-0.1, -0.05) is 49.2 Å². The van der Waals surface area contributed by atoms with Crippen molar-refractivity contribution >= 4 is 23.5 Å². The summed E-state index contributed by atoms with van der Waals surface area (Å²) in [5.41, 5.74) is 3.03. The normalized spacial score (nSPS) is 14.3. The van der Waals surface area contributed by atoms with Gasteiger partial charge in [-0.25, -0.2) is 4.99 Å². The van der Waals surface area contributed by atoms with E-state index in [0.29, 0.717) is 38.6 Å². The van der Waals surface area contributed by atoms with Gasteiger partial charge in [-0.15, -0.1) is 0 Å². The number of fused-ring (bicyclic) bond motifs is 2. The average Bonchev–Trinajstić information content (AvgIpc) is 3.16. The van der Waals surface area contributed by atoms with Crippen molar-refractivity contribution in [3.05, 3.63) is 59.7 Å². The Balaban J connectivity index is 1.14. The van der Waals surface area contributed by atoms with E-state index >= 15 is 0 Å². The van der Waals surface area contributed by atoms with Crippen LogP contribution >= 0.6 is 0 Å². The Morgan fingerprint density at radius 2 is 1.88 bits per heavy atom. The first-order chi connectivity index (χ1) is 15.6. The Hall–Kier alpha value is -3.35. The van der Waals surface area contributed by atoms with Gasteiger partial charge in [0.15, 0.2) is 0 Å². The van der Waals surface area contributed by atoms with Crippen molar-refractivity contribution < 1.29 is 14.3 Å². The number of carbonyl (C=O) groups is 2. The fourth-order valence-electron chi connectivity index (χ4n) is 4.03. The highest BCUT2D eigenvalue weighted by Crippen LogP contribution is 2.34. The third kappa shape index (κ3) is 5.46. The van der Waals surface area contributed by atoms with Crippen LogP contribution < -0.4 is 10.1 Å². The summed E-state index contributed by atoms with van der Waals surface area (Å²) < 4.78 is 6.04. The minimum atomic E-state index is -0.0243. The number of amides is 2. The second-order valence-electron chi connectivity index (χ2n) is 8.34. The maximum absolute atomic E-state index is 12.3. The molecule has 168 valence electrons.